The van der Waals surface area contributed by atoms with Gasteiger partial charge in [-0.1, -0.05) is 29.5 Å². The van der Waals surface area contributed by atoms with Crippen molar-refractivity contribution in [2.75, 3.05) is 0 Å². The van der Waals surface area contributed by atoms with Crippen LogP contribution in [0.2, 0.25) is 0 Å². The highest BCUT2D eigenvalue weighted by atomic mass is 32.2. The molecule has 0 amide bonds. The van der Waals surface area contributed by atoms with Crippen molar-refractivity contribution in [2.45, 2.75) is 31.2 Å². The average Bonchev–Trinajstić information content (AvgIpc) is 2.77. The van der Waals surface area contributed by atoms with Gasteiger partial charge in [0.15, 0.2) is 10.9 Å². The largest absolute Gasteiger partial charge is 0.312 e. The van der Waals surface area contributed by atoms with Crippen LogP contribution in [0.4, 0.5) is 0 Å². The maximum absolute atomic E-state index is 12.5. The first-order valence-corrected chi connectivity index (χ1v) is 6.99. The van der Waals surface area contributed by atoms with Crippen LogP contribution >= 0.6 is 11.8 Å². The summed E-state index contributed by atoms with van der Waals surface area (Å²) in [6.45, 7) is 5.87. The van der Waals surface area contributed by atoms with Crippen LogP contribution in [0.15, 0.2) is 29.7 Å². The molecule has 0 N–H and O–H groups in total. The minimum Gasteiger partial charge on any atom is -0.312 e. The first-order valence-electron chi connectivity index (χ1n) is 6.11. The molecule has 100 valence electrons. The van der Waals surface area contributed by atoms with Crippen molar-refractivity contribution in [1.82, 2.24) is 14.8 Å². The van der Waals surface area contributed by atoms with E-state index < -0.39 is 0 Å². The van der Waals surface area contributed by atoms with E-state index in [1.807, 2.05) is 50.6 Å². The van der Waals surface area contributed by atoms with Crippen LogP contribution in [0.3, 0.4) is 0 Å². The number of aromatic nitrogens is 3. The van der Waals surface area contributed by atoms with E-state index in [0.29, 0.717) is 0 Å². The molecule has 4 nitrogen and oxygen atoms in total. The van der Waals surface area contributed by atoms with Crippen LogP contribution in [0, 0.1) is 13.8 Å². The number of rotatable bonds is 4. The van der Waals surface area contributed by atoms with E-state index in [4.69, 9.17) is 0 Å². The number of ketones is 1. The number of carbonyl (C=O) groups excluding carboxylic acids is 1. The second-order valence-electron chi connectivity index (χ2n) is 4.67. The van der Waals surface area contributed by atoms with E-state index >= 15 is 0 Å². The molecule has 0 saturated carbocycles. The molecule has 1 atom stereocenters. The molecule has 1 aromatic carbocycles. The van der Waals surface area contributed by atoms with Crippen LogP contribution in [0.1, 0.15) is 28.4 Å². The summed E-state index contributed by atoms with van der Waals surface area (Å²) in [5.74, 6) is 0.134. The number of Topliss-reactive ketones (excluding diaryl/α,β-unsaturated/α-hetero) is 1. The number of nitrogens with zero attached hydrogens (tertiary/aromatic N) is 3. The standard InChI is InChI=1S/C14H17N3OS/c1-9-5-6-10(2)12(7-9)13(18)11(3)19-14-16-15-8-17(14)4/h5-8,11H,1-4H3/t11-/m0/s1. The highest BCUT2D eigenvalue weighted by Crippen LogP contribution is 2.24. The molecule has 0 spiro atoms. The molecule has 0 unspecified atom stereocenters. The Morgan fingerprint density at radius 2 is 2.11 bits per heavy atom. The lowest BCUT2D eigenvalue weighted by Crippen LogP contribution is -2.15. The zero-order chi connectivity index (χ0) is 14.0. The first-order chi connectivity index (χ1) is 8.99. The second kappa shape index (κ2) is 5.57. The van der Waals surface area contributed by atoms with Gasteiger partial charge in [0.05, 0.1) is 5.25 Å². The quantitative estimate of drug-likeness (QED) is 0.636. The lowest BCUT2D eigenvalue weighted by molar-refractivity contribution is 0.0993. The van der Waals surface area contributed by atoms with Crippen LogP contribution in [-0.2, 0) is 7.05 Å². The Labute approximate surface area is 117 Å². The Morgan fingerprint density at radius 1 is 1.37 bits per heavy atom. The second-order valence-corrected chi connectivity index (χ2v) is 5.98. The Bertz CT molecular complexity index is 606. The molecule has 2 rings (SSSR count). The molecule has 0 aliphatic rings. The van der Waals surface area contributed by atoms with E-state index in [1.165, 1.54) is 11.8 Å². The number of aryl methyl sites for hydroxylation is 3. The van der Waals surface area contributed by atoms with Gasteiger partial charge in [-0.2, -0.15) is 0 Å². The Kier molecular flexibility index (Phi) is 4.04. The van der Waals surface area contributed by atoms with Crippen molar-refractivity contribution >= 4 is 17.5 Å². The van der Waals surface area contributed by atoms with Gasteiger partial charge in [-0.05, 0) is 32.4 Å². The molecule has 2 aromatic rings. The molecule has 0 fully saturated rings. The number of hydrogen-bond acceptors (Lipinski definition) is 4. The van der Waals surface area contributed by atoms with Gasteiger partial charge in [0.25, 0.3) is 0 Å². The minimum absolute atomic E-state index is 0.134. The molecule has 0 saturated heterocycles. The Morgan fingerprint density at radius 3 is 2.74 bits per heavy atom. The smallest absolute Gasteiger partial charge is 0.191 e. The zero-order valence-corrected chi connectivity index (χ0v) is 12.4. The average molecular weight is 275 g/mol. The summed E-state index contributed by atoms with van der Waals surface area (Å²) < 4.78 is 1.82. The molecule has 1 aromatic heterocycles. The topological polar surface area (TPSA) is 47.8 Å². The van der Waals surface area contributed by atoms with Crippen LogP contribution in [0.5, 0.6) is 0 Å². The molecule has 1 heterocycles. The van der Waals surface area contributed by atoms with E-state index in [0.717, 1.165) is 21.8 Å². The van der Waals surface area contributed by atoms with Crippen LogP contribution in [0.25, 0.3) is 0 Å². The van der Waals surface area contributed by atoms with Gasteiger partial charge in [0.1, 0.15) is 6.33 Å². The molecule has 0 radical (unpaired) electrons. The van der Waals surface area contributed by atoms with Gasteiger partial charge >= 0.3 is 0 Å². The molecule has 0 bridgehead atoms. The van der Waals surface area contributed by atoms with Gasteiger partial charge in [-0.25, -0.2) is 0 Å². The maximum atomic E-state index is 12.5. The van der Waals surface area contributed by atoms with Crippen molar-refractivity contribution in [1.29, 1.82) is 0 Å². The van der Waals surface area contributed by atoms with Gasteiger partial charge < -0.3 is 4.57 Å². The third-order valence-electron chi connectivity index (χ3n) is 2.98. The summed E-state index contributed by atoms with van der Waals surface area (Å²) in [5, 5.41) is 8.39. The molecule has 5 heteroatoms. The van der Waals surface area contributed by atoms with Crippen molar-refractivity contribution in [3.63, 3.8) is 0 Å². The van der Waals surface area contributed by atoms with Crippen LogP contribution < -0.4 is 0 Å². The van der Waals surface area contributed by atoms with Crippen LogP contribution in [-0.4, -0.2) is 25.8 Å². The third-order valence-corrected chi connectivity index (χ3v) is 4.13. The monoisotopic (exact) mass is 275 g/mol. The molecule has 19 heavy (non-hydrogen) atoms. The van der Waals surface area contributed by atoms with Gasteiger partial charge in [0, 0.05) is 12.6 Å². The number of hydrogen-bond donors (Lipinski definition) is 0. The van der Waals surface area contributed by atoms with E-state index in [2.05, 4.69) is 10.2 Å². The summed E-state index contributed by atoms with van der Waals surface area (Å²) in [4.78, 5) is 12.5. The van der Waals surface area contributed by atoms with Gasteiger partial charge in [-0.3, -0.25) is 4.79 Å². The predicted octanol–water partition coefficient (Wildman–Crippen LogP) is 2.80. The highest BCUT2D eigenvalue weighted by molar-refractivity contribution is 8.00. The summed E-state index contributed by atoms with van der Waals surface area (Å²) >= 11 is 1.43. The normalized spacial score (nSPS) is 12.4. The Hall–Kier alpha value is -1.62. The fraction of sp³-hybridized carbons (Fsp3) is 0.357. The summed E-state index contributed by atoms with van der Waals surface area (Å²) in [6, 6.07) is 5.96. The number of thioether (sulfide) groups is 1. The summed E-state index contributed by atoms with van der Waals surface area (Å²) in [7, 11) is 1.87. The van der Waals surface area contributed by atoms with Crippen molar-refractivity contribution in [2.24, 2.45) is 7.05 Å². The van der Waals surface area contributed by atoms with E-state index in [-0.39, 0.29) is 11.0 Å². The maximum Gasteiger partial charge on any atom is 0.191 e. The zero-order valence-electron chi connectivity index (χ0n) is 11.5. The Balaban J connectivity index is 2.19. The summed E-state index contributed by atoms with van der Waals surface area (Å²) in [5.41, 5.74) is 2.91. The van der Waals surface area contributed by atoms with Crippen molar-refractivity contribution < 1.29 is 4.79 Å². The number of carbonyl (C=O) groups is 1. The molecule has 0 aliphatic carbocycles. The molecule has 0 aliphatic heterocycles. The molecular weight excluding hydrogens is 258 g/mol. The number of benzene rings is 1. The van der Waals surface area contributed by atoms with Gasteiger partial charge in [0.2, 0.25) is 0 Å². The highest BCUT2D eigenvalue weighted by Gasteiger charge is 2.20. The third kappa shape index (κ3) is 3.04. The van der Waals surface area contributed by atoms with Gasteiger partial charge in [-0.15, -0.1) is 10.2 Å². The van der Waals surface area contributed by atoms with E-state index in [1.54, 1.807) is 6.33 Å². The first kappa shape index (κ1) is 13.8. The minimum atomic E-state index is -0.177. The summed E-state index contributed by atoms with van der Waals surface area (Å²) in [6.07, 6.45) is 1.64. The SMILES string of the molecule is Cc1ccc(C)c(C(=O)[C@H](C)Sc2nncn2C)c1. The fourth-order valence-electron chi connectivity index (χ4n) is 1.81. The lowest BCUT2D eigenvalue weighted by Gasteiger charge is -2.12. The van der Waals surface area contributed by atoms with Crippen molar-refractivity contribution in [3.8, 4) is 0 Å². The predicted molar refractivity (Wildman–Crippen MR) is 76.6 cm³/mol. The van der Waals surface area contributed by atoms with E-state index in [9.17, 15) is 4.79 Å². The van der Waals surface area contributed by atoms with Crippen molar-refractivity contribution in [3.05, 3.63) is 41.2 Å². The fourth-order valence-corrected chi connectivity index (χ4v) is 2.67. The lowest BCUT2D eigenvalue weighted by atomic mass is 10.0. The molecular formula is C14H17N3OS.